The van der Waals surface area contributed by atoms with Gasteiger partial charge in [0, 0.05) is 9.47 Å². The molecule has 0 aliphatic carbocycles. The molecule has 0 heterocycles. The minimum atomic E-state index is -3.46. The van der Waals surface area contributed by atoms with E-state index < -0.39 is 7.60 Å². The van der Waals surface area contributed by atoms with E-state index >= 15 is 0 Å². The third-order valence-electron chi connectivity index (χ3n) is 1.79. The molecular formula is C9H14O4P2. The molecule has 84 valence electrons. The van der Waals surface area contributed by atoms with Gasteiger partial charge < -0.3 is 9.63 Å². The van der Waals surface area contributed by atoms with Gasteiger partial charge in [-0.05, 0) is 5.56 Å². The summed E-state index contributed by atoms with van der Waals surface area (Å²) in [6, 6.07) is 9.63. The first-order valence-electron chi connectivity index (χ1n) is 4.46. The number of benzene rings is 1. The monoisotopic (exact) mass is 248 g/mol. The molecule has 1 rings (SSSR count). The Hall–Kier alpha value is -0.240. The average molecular weight is 248 g/mol. The van der Waals surface area contributed by atoms with Crippen molar-refractivity contribution in [3.05, 3.63) is 35.9 Å². The van der Waals surface area contributed by atoms with Crippen LogP contribution in [0.15, 0.2) is 30.3 Å². The number of rotatable bonds is 6. The standard InChI is InChI=1S/C9H14O4P2/c10-15(11,13-14)7-6-12-8-9-4-2-1-3-5-9/h1-5H,6-8,14H2,(H,10,11). The lowest BCUT2D eigenvalue weighted by Gasteiger charge is -2.08. The highest BCUT2D eigenvalue weighted by atomic mass is 31.2. The van der Waals surface area contributed by atoms with Crippen LogP contribution >= 0.6 is 17.1 Å². The molecule has 6 heteroatoms. The molecule has 0 aliphatic rings. The van der Waals surface area contributed by atoms with Crippen LogP contribution in [0.4, 0.5) is 0 Å². The van der Waals surface area contributed by atoms with Crippen LogP contribution < -0.4 is 0 Å². The van der Waals surface area contributed by atoms with Crippen molar-refractivity contribution in [2.45, 2.75) is 6.61 Å². The van der Waals surface area contributed by atoms with Gasteiger partial charge in [-0.2, -0.15) is 0 Å². The molecule has 1 aromatic rings. The van der Waals surface area contributed by atoms with Gasteiger partial charge >= 0.3 is 7.60 Å². The zero-order chi connectivity index (χ0) is 11.1. The van der Waals surface area contributed by atoms with Crippen molar-refractivity contribution in [3.63, 3.8) is 0 Å². The zero-order valence-electron chi connectivity index (χ0n) is 8.20. The Morgan fingerprint density at radius 2 is 2.00 bits per heavy atom. The Bertz CT molecular complexity index is 328. The van der Waals surface area contributed by atoms with Crippen molar-refractivity contribution < 1.29 is 18.5 Å². The molecule has 1 N–H and O–H groups in total. The van der Waals surface area contributed by atoms with Gasteiger partial charge in [0.05, 0.1) is 19.4 Å². The smallest absolute Gasteiger partial charge is 0.333 e. The highest BCUT2D eigenvalue weighted by Crippen LogP contribution is 2.43. The van der Waals surface area contributed by atoms with Crippen molar-refractivity contribution in [2.75, 3.05) is 12.8 Å². The Morgan fingerprint density at radius 3 is 2.60 bits per heavy atom. The van der Waals surface area contributed by atoms with Gasteiger partial charge in [-0.25, -0.2) is 0 Å². The second-order valence-electron chi connectivity index (χ2n) is 3.00. The van der Waals surface area contributed by atoms with E-state index in [0.29, 0.717) is 6.61 Å². The van der Waals surface area contributed by atoms with Gasteiger partial charge in [0.2, 0.25) is 0 Å². The first-order chi connectivity index (χ1) is 7.14. The Kier molecular flexibility index (Phi) is 5.44. The van der Waals surface area contributed by atoms with Crippen molar-refractivity contribution in [3.8, 4) is 0 Å². The molecule has 0 aromatic heterocycles. The number of ether oxygens (including phenoxy) is 1. The largest absolute Gasteiger partial charge is 0.376 e. The second kappa shape index (κ2) is 6.37. The van der Waals surface area contributed by atoms with Crippen LogP contribution in [0.3, 0.4) is 0 Å². The van der Waals surface area contributed by atoms with E-state index in [1.54, 1.807) is 9.47 Å². The van der Waals surface area contributed by atoms with Crippen LogP contribution in [0.2, 0.25) is 0 Å². The molecule has 15 heavy (non-hydrogen) atoms. The Morgan fingerprint density at radius 1 is 1.33 bits per heavy atom. The minimum Gasteiger partial charge on any atom is -0.376 e. The minimum absolute atomic E-state index is 0.00331. The molecule has 2 unspecified atom stereocenters. The second-order valence-corrected chi connectivity index (χ2v) is 5.57. The molecule has 0 spiro atoms. The van der Waals surface area contributed by atoms with Crippen molar-refractivity contribution in [2.24, 2.45) is 0 Å². The molecule has 0 amide bonds. The summed E-state index contributed by atoms with van der Waals surface area (Å²) in [4.78, 5) is 9.05. The average Bonchev–Trinajstić information content (AvgIpc) is 2.26. The van der Waals surface area contributed by atoms with Gasteiger partial charge in [-0.1, -0.05) is 30.3 Å². The first-order valence-corrected chi connectivity index (χ1v) is 6.69. The first kappa shape index (κ1) is 12.8. The van der Waals surface area contributed by atoms with Crippen LogP contribution in [0.5, 0.6) is 0 Å². The zero-order valence-corrected chi connectivity index (χ0v) is 10.3. The third kappa shape index (κ3) is 5.41. The topological polar surface area (TPSA) is 55.8 Å². The molecule has 0 saturated heterocycles. The molecule has 2 atom stereocenters. The van der Waals surface area contributed by atoms with Gasteiger partial charge in [0.1, 0.15) is 0 Å². The third-order valence-corrected chi connectivity index (χ3v) is 3.86. The summed E-state index contributed by atoms with van der Waals surface area (Å²) in [5.74, 6) is 0. The molecule has 0 aliphatic heterocycles. The van der Waals surface area contributed by atoms with Crippen LogP contribution in [-0.4, -0.2) is 17.7 Å². The summed E-state index contributed by atoms with van der Waals surface area (Å²) < 4.78 is 20.6. The SMILES string of the molecule is O=P(O)(CCOCc1ccccc1)OP. The maximum Gasteiger partial charge on any atom is 0.333 e. The van der Waals surface area contributed by atoms with E-state index in [-0.39, 0.29) is 12.8 Å². The van der Waals surface area contributed by atoms with Crippen molar-refractivity contribution >= 4 is 17.1 Å². The fourth-order valence-corrected chi connectivity index (χ4v) is 1.78. The highest BCUT2D eigenvalue weighted by Gasteiger charge is 2.16. The summed E-state index contributed by atoms with van der Waals surface area (Å²) in [7, 11) is -1.67. The van der Waals surface area contributed by atoms with Gasteiger partial charge in [0.15, 0.2) is 0 Å². The predicted molar refractivity (Wildman–Crippen MR) is 61.6 cm³/mol. The lowest BCUT2D eigenvalue weighted by atomic mass is 10.2. The molecule has 0 saturated carbocycles. The lowest BCUT2D eigenvalue weighted by Crippen LogP contribution is -2.01. The maximum absolute atomic E-state index is 11.0. The number of hydrogen-bond donors (Lipinski definition) is 1. The lowest BCUT2D eigenvalue weighted by molar-refractivity contribution is 0.132. The normalized spacial score (nSPS) is 14.8. The van der Waals surface area contributed by atoms with E-state index in [1.807, 2.05) is 30.3 Å². The summed E-state index contributed by atoms with van der Waals surface area (Å²) in [5, 5.41) is 0. The Labute approximate surface area is 91.4 Å². The summed E-state index contributed by atoms with van der Waals surface area (Å²) in [6.07, 6.45) is 0.00331. The molecule has 0 fully saturated rings. The summed E-state index contributed by atoms with van der Waals surface area (Å²) in [5.41, 5.74) is 1.04. The molecule has 1 aromatic carbocycles. The van der Waals surface area contributed by atoms with Gasteiger partial charge in [0.25, 0.3) is 0 Å². The van der Waals surface area contributed by atoms with E-state index in [9.17, 15) is 4.57 Å². The van der Waals surface area contributed by atoms with Gasteiger partial charge in [-0.15, -0.1) is 0 Å². The highest BCUT2D eigenvalue weighted by molar-refractivity contribution is 7.56. The fourth-order valence-electron chi connectivity index (χ4n) is 0.997. The van der Waals surface area contributed by atoms with Gasteiger partial charge in [-0.3, -0.25) is 8.88 Å². The fraction of sp³-hybridized carbons (Fsp3) is 0.333. The van der Waals surface area contributed by atoms with Crippen LogP contribution in [0.25, 0.3) is 0 Å². The maximum atomic E-state index is 11.0. The van der Waals surface area contributed by atoms with Crippen molar-refractivity contribution in [1.29, 1.82) is 0 Å². The predicted octanol–water partition coefficient (Wildman–Crippen LogP) is 2.20. The van der Waals surface area contributed by atoms with Crippen LogP contribution in [0, 0.1) is 0 Å². The van der Waals surface area contributed by atoms with E-state index in [1.165, 1.54) is 0 Å². The molecule has 4 nitrogen and oxygen atoms in total. The van der Waals surface area contributed by atoms with Crippen LogP contribution in [-0.2, 0) is 20.2 Å². The van der Waals surface area contributed by atoms with E-state index in [2.05, 4.69) is 4.31 Å². The molecule has 0 radical (unpaired) electrons. The van der Waals surface area contributed by atoms with E-state index in [4.69, 9.17) is 9.63 Å². The Balaban J connectivity index is 2.21. The van der Waals surface area contributed by atoms with Crippen molar-refractivity contribution in [1.82, 2.24) is 0 Å². The van der Waals surface area contributed by atoms with E-state index in [0.717, 1.165) is 5.56 Å². The molecule has 0 bridgehead atoms. The number of hydrogen-bond acceptors (Lipinski definition) is 3. The quantitative estimate of drug-likeness (QED) is 0.619. The summed E-state index contributed by atoms with van der Waals surface area (Å²) in [6.45, 7) is 0.648. The summed E-state index contributed by atoms with van der Waals surface area (Å²) >= 11 is 0. The van der Waals surface area contributed by atoms with Crippen LogP contribution in [0.1, 0.15) is 5.56 Å². The molecular weight excluding hydrogens is 234 g/mol.